The number of methoxy groups -OCH3 is 1. The summed E-state index contributed by atoms with van der Waals surface area (Å²) in [4.78, 5) is 29.4. The van der Waals surface area contributed by atoms with Gasteiger partial charge in [0.15, 0.2) is 0 Å². The van der Waals surface area contributed by atoms with Crippen molar-refractivity contribution in [2.45, 2.75) is 6.54 Å². The van der Waals surface area contributed by atoms with Crippen LogP contribution in [-0.4, -0.2) is 32.0 Å². The summed E-state index contributed by atoms with van der Waals surface area (Å²) in [5, 5.41) is 7.83. The summed E-state index contributed by atoms with van der Waals surface area (Å²) in [7, 11) is 1.60. The van der Waals surface area contributed by atoms with Crippen LogP contribution in [0.1, 0.15) is 5.56 Å². The number of nitrogens with one attached hydrogen (secondary N) is 1. The number of aromatic nitrogens is 5. The number of nitrogens with zero attached hydrogens (tertiary/aromatic N) is 4. The Morgan fingerprint density at radius 3 is 2.43 bits per heavy atom. The van der Waals surface area contributed by atoms with Gasteiger partial charge in [-0.1, -0.05) is 29.4 Å². The highest BCUT2D eigenvalue weighted by Gasteiger charge is 2.11. The maximum Gasteiger partial charge on any atom is 0.345 e. The predicted octanol–water partition coefficient (Wildman–Crippen LogP) is 1.71. The van der Waals surface area contributed by atoms with E-state index in [-0.39, 0.29) is 6.54 Å². The van der Waals surface area contributed by atoms with E-state index in [1.807, 2.05) is 48.5 Å². The summed E-state index contributed by atoms with van der Waals surface area (Å²) >= 11 is 0. The van der Waals surface area contributed by atoms with Gasteiger partial charge in [-0.3, -0.25) is 9.78 Å². The van der Waals surface area contributed by atoms with Crippen molar-refractivity contribution in [2.75, 3.05) is 7.11 Å². The van der Waals surface area contributed by atoms with E-state index in [1.54, 1.807) is 7.11 Å². The number of hydrogen-bond donors (Lipinski definition) is 1. The molecule has 0 fully saturated rings. The van der Waals surface area contributed by atoms with Crippen molar-refractivity contribution in [3.8, 4) is 28.6 Å². The molecule has 0 saturated carbocycles. The maximum absolute atomic E-state index is 11.7. The van der Waals surface area contributed by atoms with E-state index in [9.17, 15) is 9.59 Å². The van der Waals surface area contributed by atoms with Crippen molar-refractivity contribution in [2.24, 2.45) is 0 Å². The van der Waals surface area contributed by atoms with Gasteiger partial charge in [0, 0.05) is 11.1 Å². The molecule has 0 spiro atoms. The first kappa shape index (κ1) is 17.4. The lowest BCUT2D eigenvalue weighted by atomic mass is 10.1. The van der Waals surface area contributed by atoms with Gasteiger partial charge in [-0.05, 0) is 29.8 Å². The van der Waals surface area contributed by atoms with E-state index in [4.69, 9.17) is 9.26 Å². The van der Waals surface area contributed by atoms with Crippen LogP contribution in [0.15, 0.2) is 68.8 Å². The molecular weight excluding hydrogens is 362 g/mol. The Hall–Kier alpha value is -4.01. The molecule has 0 saturated heterocycles. The summed E-state index contributed by atoms with van der Waals surface area (Å²) in [5.41, 5.74) is 1.32. The Morgan fingerprint density at radius 1 is 1.04 bits per heavy atom. The van der Waals surface area contributed by atoms with E-state index < -0.39 is 11.2 Å². The van der Waals surface area contributed by atoms with E-state index in [2.05, 4.69) is 20.2 Å². The Morgan fingerprint density at radius 2 is 1.75 bits per heavy atom. The summed E-state index contributed by atoms with van der Waals surface area (Å²) in [5.74, 6) is 1.61. The van der Waals surface area contributed by atoms with Gasteiger partial charge in [-0.2, -0.15) is 10.1 Å². The first-order chi connectivity index (χ1) is 13.6. The van der Waals surface area contributed by atoms with Crippen molar-refractivity contribution in [1.29, 1.82) is 0 Å². The molecule has 2 aromatic heterocycles. The fourth-order valence-corrected chi connectivity index (χ4v) is 2.61. The lowest BCUT2D eigenvalue weighted by Crippen LogP contribution is -2.31. The first-order valence-electron chi connectivity index (χ1n) is 8.36. The molecule has 28 heavy (non-hydrogen) atoms. The highest BCUT2D eigenvalue weighted by atomic mass is 16.5. The predicted molar refractivity (Wildman–Crippen MR) is 99.9 cm³/mol. The Balaban J connectivity index is 1.53. The number of ether oxygens (including phenoxy) is 1. The van der Waals surface area contributed by atoms with Crippen molar-refractivity contribution in [3.05, 3.63) is 81.1 Å². The lowest BCUT2D eigenvalue weighted by molar-refractivity contribution is 0.414. The molecule has 1 N–H and O–H groups in total. The molecule has 0 aliphatic heterocycles. The lowest BCUT2D eigenvalue weighted by Gasteiger charge is -2.03. The molecule has 2 aromatic carbocycles. The molecule has 140 valence electrons. The Bertz CT molecular complexity index is 1210. The zero-order valence-electron chi connectivity index (χ0n) is 14.8. The van der Waals surface area contributed by atoms with Crippen molar-refractivity contribution in [3.63, 3.8) is 0 Å². The number of hydrogen-bond acceptors (Lipinski definition) is 7. The monoisotopic (exact) mass is 377 g/mol. The van der Waals surface area contributed by atoms with Crippen LogP contribution in [0.2, 0.25) is 0 Å². The number of H-pyrrole nitrogens is 1. The molecule has 0 radical (unpaired) electrons. The molecule has 0 bridgehead atoms. The highest BCUT2D eigenvalue weighted by Crippen LogP contribution is 2.24. The van der Waals surface area contributed by atoms with Crippen LogP contribution in [0.4, 0.5) is 0 Å². The molecule has 0 aliphatic carbocycles. The van der Waals surface area contributed by atoms with Gasteiger partial charge in [0.1, 0.15) is 11.9 Å². The van der Waals surface area contributed by atoms with Gasteiger partial charge in [-0.15, -0.1) is 0 Å². The highest BCUT2D eigenvalue weighted by molar-refractivity contribution is 5.60. The third-order valence-electron chi connectivity index (χ3n) is 4.09. The normalized spacial score (nSPS) is 10.8. The minimum Gasteiger partial charge on any atom is -0.497 e. The van der Waals surface area contributed by atoms with Gasteiger partial charge in [0.2, 0.25) is 5.82 Å². The topological polar surface area (TPSA) is 116 Å². The van der Waals surface area contributed by atoms with Gasteiger partial charge in [0.05, 0.1) is 13.7 Å². The summed E-state index contributed by atoms with van der Waals surface area (Å²) < 4.78 is 11.7. The second kappa shape index (κ2) is 7.31. The van der Waals surface area contributed by atoms with Crippen LogP contribution in [0.25, 0.3) is 22.8 Å². The quantitative estimate of drug-likeness (QED) is 0.563. The van der Waals surface area contributed by atoms with Crippen molar-refractivity contribution in [1.82, 2.24) is 24.9 Å². The van der Waals surface area contributed by atoms with E-state index in [1.165, 1.54) is 4.68 Å². The standard InChI is InChI=1S/C19H15N5O4/c1-27-15-8-6-14(7-9-15)18-22-17(23-28-18)13-4-2-12(3-5-13)11-24-19(26)21-16(25)10-20-24/h2-10H,11H2,1H3,(H,21,25,26). The largest absolute Gasteiger partial charge is 0.497 e. The summed E-state index contributed by atoms with van der Waals surface area (Å²) in [6.45, 7) is 0.235. The molecule has 0 unspecified atom stereocenters. The SMILES string of the molecule is COc1ccc(-c2nc(-c3ccc(Cn4ncc(=O)[nH]c4=O)cc3)no2)cc1. The number of aromatic amines is 1. The van der Waals surface area contributed by atoms with Gasteiger partial charge in [-0.25, -0.2) is 9.48 Å². The molecule has 9 nitrogen and oxygen atoms in total. The molecule has 0 atom stereocenters. The van der Waals surface area contributed by atoms with Crippen LogP contribution in [0, 0.1) is 0 Å². The van der Waals surface area contributed by atoms with E-state index >= 15 is 0 Å². The fourth-order valence-electron chi connectivity index (χ4n) is 2.61. The van der Waals surface area contributed by atoms with Crippen molar-refractivity contribution >= 4 is 0 Å². The third kappa shape index (κ3) is 3.58. The van der Waals surface area contributed by atoms with Crippen LogP contribution >= 0.6 is 0 Å². The van der Waals surface area contributed by atoms with Gasteiger partial charge in [0.25, 0.3) is 11.4 Å². The van der Waals surface area contributed by atoms with Crippen molar-refractivity contribution < 1.29 is 9.26 Å². The maximum atomic E-state index is 11.7. The minimum atomic E-state index is -0.557. The average molecular weight is 377 g/mol. The second-order valence-corrected chi connectivity index (χ2v) is 5.95. The minimum absolute atomic E-state index is 0.235. The van der Waals surface area contributed by atoms with Crippen LogP contribution in [0.5, 0.6) is 5.75 Å². The molecule has 2 heterocycles. The molecule has 9 heteroatoms. The first-order valence-corrected chi connectivity index (χ1v) is 8.36. The molecule has 4 rings (SSSR count). The Labute approximate surface area is 158 Å². The summed E-state index contributed by atoms with van der Waals surface area (Å²) in [6.07, 6.45) is 1.07. The third-order valence-corrected chi connectivity index (χ3v) is 4.09. The Kier molecular flexibility index (Phi) is 4.55. The van der Waals surface area contributed by atoms with Gasteiger partial charge >= 0.3 is 5.69 Å². The number of benzene rings is 2. The zero-order chi connectivity index (χ0) is 19.5. The van der Waals surface area contributed by atoms with E-state index in [0.29, 0.717) is 11.7 Å². The summed E-state index contributed by atoms with van der Waals surface area (Å²) in [6, 6.07) is 14.6. The molecule has 0 amide bonds. The molecule has 0 aliphatic rings. The zero-order valence-corrected chi connectivity index (χ0v) is 14.8. The average Bonchev–Trinajstić information content (AvgIpc) is 3.21. The van der Waals surface area contributed by atoms with Crippen LogP contribution < -0.4 is 16.0 Å². The van der Waals surface area contributed by atoms with Gasteiger partial charge < -0.3 is 9.26 Å². The van der Waals surface area contributed by atoms with E-state index in [0.717, 1.165) is 28.6 Å². The second-order valence-electron chi connectivity index (χ2n) is 5.95. The smallest absolute Gasteiger partial charge is 0.345 e. The fraction of sp³-hybridized carbons (Fsp3) is 0.105. The van der Waals surface area contributed by atoms with Crippen LogP contribution in [0.3, 0.4) is 0 Å². The van der Waals surface area contributed by atoms with Crippen LogP contribution in [-0.2, 0) is 6.54 Å². The molecule has 4 aromatic rings. The molecular formula is C19H15N5O4. The number of rotatable bonds is 5.